The molecule has 0 radical (unpaired) electrons. The summed E-state index contributed by atoms with van der Waals surface area (Å²) in [7, 11) is 0. The van der Waals surface area contributed by atoms with Crippen molar-refractivity contribution in [1.29, 1.82) is 0 Å². The highest BCUT2D eigenvalue weighted by Gasteiger charge is 2.27. The van der Waals surface area contributed by atoms with Crippen molar-refractivity contribution in [3.63, 3.8) is 0 Å². The molecule has 0 aromatic heterocycles. The van der Waals surface area contributed by atoms with Gasteiger partial charge in [-0.1, -0.05) is 6.58 Å². The molecule has 1 atom stereocenters. The number of carbonyl (C=O) groups excluding carboxylic acids is 1. The lowest BCUT2D eigenvalue weighted by Crippen LogP contribution is -2.40. The summed E-state index contributed by atoms with van der Waals surface area (Å²) in [6.07, 6.45) is 5.58. The molecule has 2 fully saturated rings. The van der Waals surface area contributed by atoms with E-state index in [2.05, 4.69) is 23.6 Å². The molecule has 4 heteroatoms. The smallest absolute Gasteiger partial charge is 0.243 e. The maximum Gasteiger partial charge on any atom is 0.243 e. The molecule has 1 heterocycles. The van der Waals surface area contributed by atoms with Gasteiger partial charge < -0.3 is 10.2 Å². The van der Waals surface area contributed by atoms with E-state index in [0.29, 0.717) is 6.54 Å². The summed E-state index contributed by atoms with van der Waals surface area (Å²) >= 11 is 0. The Balaban J connectivity index is 1.72. The summed E-state index contributed by atoms with van der Waals surface area (Å²) in [6, 6.07) is 0. The SMILES string of the molecule is C=N[C@@H]1CCCN1C(=O)CNC(=C)CC1CC1. The number of hydrogen-bond acceptors (Lipinski definition) is 3. The minimum atomic E-state index is -0.0130. The van der Waals surface area contributed by atoms with Crippen molar-refractivity contribution in [3.8, 4) is 0 Å². The molecule has 0 spiro atoms. The van der Waals surface area contributed by atoms with Crippen LogP contribution in [0.25, 0.3) is 0 Å². The second-order valence-electron chi connectivity index (χ2n) is 5.00. The predicted octanol–water partition coefficient (Wildman–Crippen LogP) is 1.54. The highest BCUT2D eigenvalue weighted by molar-refractivity contribution is 5.79. The first-order valence-corrected chi connectivity index (χ1v) is 6.37. The highest BCUT2D eigenvalue weighted by Crippen LogP contribution is 2.34. The largest absolute Gasteiger partial charge is 0.380 e. The Morgan fingerprint density at radius 2 is 2.18 bits per heavy atom. The second-order valence-corrected chi connectivity index (χ2v) is 5.00. The lowest BCUT2D eigenvalue weighted by atomic mass is 10.2. The molecule has 2 rings (SSSR count). The fourth-order valence-corrected chi connectivity index (χ4v) is 2.27. The van der Waals surface area contributed by atoms with Crippen LogP contribution >= 0.6 is 0 Å². The number of carbonyl (C=O) groups is 1. The molecule has 0 unspecified atom stereocenters. The van der Waals surface area contributed by atoms with Crippen LogP contribution in [-0.4, -0.2) is 36.8 Å². The number of amides is 1. The van der Waals surface area contributed by atoms with Gasteiger partial charge >= 0.3 is 0 Å². The second kappa shape index (κ2) is 5.34. The standard InChI is InChI=1S/C13H21N3O/c1-10(8-11-5-6-11)15-9-13(17)16-7-3-4-12(16)14-2/h11-12,15H,1-9H2/t12-/m0/s1. The topological polar surface area (TPSA) is 44.7 Å². The van der Waals surface area contributed by atoms with Gasteiger partial charge in [0.05, 0.1) is 6.54 Å². The lowest BCUT2D eigenvalue weighted by Gasteiger charge is -2.21. The number of hydrogen-bond donors (Lipinski definition) is 1. The van der Waals surface area contributed by atoms with E-state index in [9.17, 15) is 4.79 Å². The number of rotatable bonds is 6. The predicted molar refractivity (Wildman–Crippen MR) is 68.8 cm³/mol. The fourth-order valence-electron chi connectivity index (χ4n) is 2.27. The third kappa shape index (κ3) is 3.32. The molecule has 17 heavy (non-hydrogen) atoms. The Hall–Kier alpha value is -1.32. The number of allylic oxidation sites excluding steroid dienone is 1. The summed E-state index contributed by atoms with van der Waals surface area (Å²) < 4.78 is 0. The molecule has 1 aliphatic heterocycles. The third-order valence-electron chi connectivity index (χ3n) is 3.47. The Labute approximate surface area is 103 Å². The van der Waals surface area contributed by atoms with E-state index in [1.807, 2.05) is 4.90 Å². The highest BCUT2D eigenvalue weighted by atomic mass is 16.2. The first kappa shape index (κ1) is 12.1. The summed E-state index contributed by atoms with van der Waals surface area (Å²) in [5.74, 6) is 0.913. The van der Waals surface area contributed by atoms with E-state index in [1.54, 1.807) is 0 Å². The van der Waals surface area contributed by atoms with Crippen molar-refractivity contribution in [2.45, 2.75) is 38.3 Å². The molecule has 4 nitrogen and oxygen atoms in total. The van der Waals surface area contributed by atoms with Gasteiger partial charge in [-0.3, -0.25) is 9.79 Å². The number of nitrogens with one attached hydrogen (secondary N) is 1. The van der Waals surface area contributed by atoms with Gasteiger partial charge in [-0.15, -0.1) is 0 Å². The normalized spacial score (nSPS) is 23.5. The molecule has 94 valence electrons. The number of likely N-dealkylation sites (tertiary alicyclic amines) is 1. The minimum Gasteiger partial charge on any atom is -0.380 e. The maximum atomic E-state index is 12.0. The van der Waals surface area contributed by atoms with Crippen LogP contribution in [0, 0.1) is 5.92 Å². The fraction of sp³-hybridized carbons (Fsp3) is 0.692. The van der Waals surface area contributed by atoms with E-state index < -0.39 is 0 Å². The van der Waals surface area contributed by atoms with Gasteiger partial charge in [0.25, 0.3) is 0 Å². The third-order valence-corrected chi connectivity index (χ3v) is 3.47. The molecular formula is C13H21N3O. The number of nitrogens with zero attached hydrogens (tertiary/aromatic N) is 2. The van der Waals surface area contributed by atoms with Crippen molar-refractivity contribution < 1.29 is 4.79 Å². The zero-order valence-corrected chi connectivity index (χ0v) is 10.3. The average molecular weight is 235 g/mol. The molecule has 0 bridgehead atoms. The van der Waals surface area contributed by atoms with Crippen LogP contribution < -0.4 is 5.32 Å². The Morgan fingerprint density at radius 3 is 2.82 bits per heavy atom. The van der Waals surface area contributed by atoms with Crippen molar-refractivity contribution in [2.75, 3.05) is 13.1 Å². The van der Waals surface area contributed by atoms with Crippen LogP contribution in [0.3, 0.4) is 0 Å². The Kier molecular flexibility index (Phi) is 3.82. The lowest BCUT2D eigenvalue weighted by molar-refractivity contribution is -0.130. The van der Waals surface area contributed by atoms with Crippen LogP contribution in [0.4, 0.5) is 0 Å². The van der Waals surface area contributed by atoms with E-state index in [1.165, 1.54) is 12.8 Å². The summed E-state index contributed by atoms with van der Waals surface area (Å²) in [5.41, 5.74) is 0.989. The van der Waals surface area contributed by atoms with E-state index in [-0.39, 0.29) is 12.1 Å². The van der Waals surface area contributed by atoms with Crippen LogP contribution in [0.2, 0.25) is 0 Å². The molecular weight excluding hydrogens is 214 g/mol. The molecule has 1 aliphatic carbocycles. The minimum absolute atomic E-state index is 0.0130. The van der Waals surface area contributed by atoms with Crippen molar-refractivity contribution in [2.24, 2.45) is 10.9 Å². The molecule has 0 aromatic rings. The number of aliphatic imine (C=N–C) groups is 1. The van der Waals surface area contributed by atoms with Gasteiger partial charge in [0.2, 0.25) is 5.91 Å². The molecule has 2 aliphatic rings. The Morgan fingerprint density at radius 1 is 1.41 bits per heavy atom. The molecule has 1 saturated heterocycles. The van der Waals surface area contributed by atoms with Crippen LogP contribution in [0.15, 0.2) is 17.3 Å². The van der Waals surface area contributed by atoms with Gasteiger partial charge in [-0.25, -0.2) is 0 Å². The van der Waals surface area contributed by atoms with Gasteiger partial charge in [0, 0.05) is 12.2 Å². The van der Waals surface area contributed by atoms with Crippen LogP contribution in [-0.2, 0) is 4.79 Å². The van der Waals surface area contributed by atoms with E-state index in [4.69, 9.17) is 0 Å². The first-order chi connectivity index (χ1) is 8.20. The maximum absolute atomic E-state index is 12.0. The molecule has 1 amide bonds. The Bertz CT molecular complexity index is 323. The van der Waals surface area contributed by atoms with E-state index in [0.717, 1.165) is 37.4 Å². The van der Waals surface area contributed by atoms with Gasteiger partial charge in [0.15, 0.2) is 0 Å². The van der Waals surface area contributed by atoms with Gasteiger partial charge in [0.1, 0.15) is 6.17 Å². The van der Waals surface area contributed by atoms with Gasteiger partial charge in [-0.05, 0) is 44.7 Å². The molecule has 0 aromatic carbocycles. The van der Waals surface area contributed by atoms with Crippen molar-refractivity contribution in [1.82, 2.24) is 10.2 Å². The molecule has 1 N–H and O–H groups in total. The first-order valence-electron chi connectivity index (χ1n) is 6.37. The van der Waals surface area contributed by atoms with Crippen molar-refractivity contribution >= 4 is 12.6 Å². The quantitative estimate of drug-likeness (QED) is 0.710. The zero-order valence-electron chi connectivity index (χ0n) is 10.3. The van der Waals surface area contributed by atoms with Crippen LogP contribution in [0.5, 0.6) is 0 Å². The van der Waals surface area contributed by atoms with E-state index >= 15 is 0 Å². The van der Waals surface area contributed by atoms with Crippen LogP contribution in [0.1, 0.15) is 32.1 Å². The average Bonchev–Trinajstić information content (AvgIpc) is 2.99. The summed E-state index contributed by atoms with van der Waals surface area (Å²) in [5, 5.41) is 3.13. The zero-order chi connectivity index (χ0) is 12.3. The molecule has 1 saturated carbocycles. The van der Waals surface area contributed by atoms with Crippen molar-refractivity contribution in [3.05, 3.63) is 12.3 Å². The summed E-state index contributed by atoms with van der Waals surface area (Å²) in [6.45, 7) is 8.64. The summed E-state index contributed by atoms with van der Waals surface area (Å²) in [4.78, 5) is 17.7. The van der Waals surface area contributed by atoms with Gasteiger partial charge in [-0.2, -0.15) is 0 Å². The monoisotopic (exact) mass is 235 g/mol.